The number of nitrogens with zero attached hydrogens (tertiary/aromatic N) is 2. The fourth-order valence-corrected chi connectivity index (χ4v) is 3.39. The zero-order valence-corrected chi connectivity index (χ0v) is 19.2. The number of carboxylic acids is 1. The summed E-state index contributed by atoms with van der Waals surface area (Å²) in [5.41, 5.74) is -0.482. The van der Waals surface area contributed by atoms with E-state index in [1.54, 1.807) is 0 Å². The molecular formula is C24H17ClF3N3O5. The lowest BCUT2D eigenvalue weighted by Crippen LogP contribution is -2.31. The van der Waals surface area contributed by atoms with Crippen LogP contribution in [0, 0.1) is 11.3 Å². The maximum Gasteiger partial charge on any atom is 0.422 e. The van der Waals surface area contributed by atoms with Crippen molar-refractivity contribution in [3.05, 3.63) is 81.2 Å². The number of amides is 1. The predicted octanol–water partition coefficient (Wildman–Crippen LogP) is 4.88. The molecule has 2 N–H and O–H groups in total. The zero-order chi connectivity index (χ0) is 26.6. The standard InChI is InChI=1S/C24H17ClF3N3O5/c1-13(22(33)30-17-6-3-14(4-7-17)23(34)35)31-11-20(36-12-24(26,27)28)19(9-21(31)32)18-8-16(25)5-2-15(18)10-29/h2-9,11,13H,12H2,1H3,(H,30,33)(H,34,35). The van der Waals surface area contributed by atoms with Crippen molar-refractivity contribution in [1.29, 1.82) is 5.26 Å². The molecule has 0 radical (unpaired) electrons. The molecule has 1 aromatic heterocycles. The van der Waals surface area contributed by atoms with Gasteiger partial charge in [-0.25, -0.2) is 4.79 Å². The van der Waals surface area contributed by atoms with Crippen LogP contribution in [0.15, 0.2) is 59.5 Å². The van der Waals surface area contributed by atoms with Crippen LogP contribution in [-0.2, 0) is 4.79 Å². The SMILES string of the molecule is CC(C(=O)Nc1ccc(C(=O)O)cc1)n1cc(OCC(F)(F)F)c(-c2cc(Cl)ccc2C#N)cc1=O. The van der Waals surface area contributed by atoms with E-state index < -0.39 is 42.0 Å². The number of aromatic carboxylic acids is 1. The molecule has 1 atom stereocenters. The highest BCUT2D eigenvalue weighted by Crippen LogP contribution is 2.34. The maximum atomic E-state index is 12.9. The summed E-state index contributed by atoms with van der Waals surface area (Å²) in [7, 11) is 0. The van der Waals surface area contributed by atoms with Crippen LogP contribution >= 0.6 is 11.6 Å². The van der Waals surface area contributed by atoms with Crippen molar-refractivity contribution in [1.82, 2.24) is 4.57 Å². The van der Waals surface area contributed by atoms with Gasteiger partial charge in [0.05, 0.1) is 23.4 Å². The zero-order valence-electron chi connectivity index (χ0n) is 18.5. The van der Waals surface area contributed by atoms with Gasteiger partial charge in [-0.1, -0.05) is 11.6 Å². The summed E-state index contributed by atoms with van der Waals surface area (Å²) in [6.45, 7) is -0.340. The Morgan fingerprint density at radius 2 is 1.83 bits per heavy atom. The molecule has 12 heteroatoms. The summed E-state index contributed by atoms with van der Waals surface area (Å²) in [6, 6.07) is 11.0. The van der Waals surface area contributed by atoms with Gasteiger partial charge in [-0.05, 0) is 49.4 Å². The number of nitriles is 1. The van der Waals surface area contributed by atoms with Crippen LogP contribution in [0.2, 0.25) is 5.02 Å². The molecule has 3 rings (SSSR count). The van der Waals surface area contributed by atoms with Crippen LogP contribution < -0.4 is 15.6 Å². The van der Waals surface area contributed by atoms with E-state index >= 15 is 0 Å². The number of hydrogen-bond donors (Lipinski definition) is 2. The smallest absolute Gasteiger partial charge is 0.422 e. The van der Waals surface area contributed by atoms with E-state index in [2.05, 4.69) is 5.32 Å². The number of aromatic nitrogens is 1. The molecule has 0 saturated carbocycles. The van der Waals surface area contributed by atoms with Crippen LogP contribution in [0.1, 0.15) is 28.9 Å². The summed E-state index contributed by atoms with van der Waals surface area (Å²) >= 11 is 5.99. The van der Waals surface area contributed by atoms with Gasteiger partial charge in [-0.2, -0.15) is 18.4 Å². The number of rotatable bonds is 7. The molecular weight excluding hydrogens is 503 g/mol. The fourth-order valence-electron chi connectivity index (χ4n) is 3.22. The Balaban J connectivity index is 2.01. The van der Waals surface area contributed by atoms with Gasteiger partial charge in [0.15, 0.2) is 6.61 Å². The van der Waals surface area contributed by atoms with E-state index in [0.717, 1.165) is 16.8 Å². The van der Waals surface area contributed by atoms with Crippen LogP contribution in [0.25, 0.3) is 11.1 Å². The fraction of sp³-hybridized carbons (Fsp3) is 0.167. The molecule has 1 unspecified atom stereocenters. The quantitative estimate of drug-likeness (QED) is 0.459. The summed E-state index contributed by atoms with van der Waals surface area (Å²) in [4.78, 5) is 36.6. The minimum Gasteiger partial charge on any atom is -0.482 e. The van der Waals surface area contributed by atoms with Gasteiger partial charge in [0, 0.05) is 27.9 Å². The minimum absolute atomic E-state index is 0.00272. The van der Waals surface area contributed by atoms with Gasteiger partial charge < -0.3 is 15.2 Å². The van der Waals surface area contributed by atoms with Crippen molar-refractivity contribution < 1.29 is 32.6 Å². The van der Waals surface area contributed by atoms with E-state index in [-0.39, 0.29) is 33.0 Å². The highest BCUT2D eigenvalue weighted by atomic mass is 35.5. The summed E-state index contributed by atoms with van der Waals surface area (Å²) < 4.78 is 44.5. The molecule has 36 heavy (non-hydrogen) atoms. The number of carboxylic acid groups (broad SMARTS) is 1. The first-order chi connectivity index (χ1) is 16.9. The van der Waals surface area contributed by atoms with E-state index in [9.17, 15) is 32.8 Å². The molecule has 186 valence electrons. The first kappa shape index (κ1) is 26.3. The molecule has 0 spiro atoms. The number of carbonyl (C=O) groups is 2. The molecule has 0 aliphatic rings. The third-order valence-electron chi connectivity index (χ3n) is 5.02. The highest BCUT2D eigenvalue weighted by Gasteiger charge is 2.30. The molecule has 0 saturated heterocycles. The largest absolute Gasteiger partial charge is 0.482 e. The summed E-state index contributed by atoms with van der Waals surface area (Å²) in [6.07, 6.45) is -3.74. The molecule has 0 aliphatic carbocycles. The van der Waals surface area contributed by atoms with Crippen LogP contribution in [0.4, 0.5) is 18.9 Å². The number of anilines is 1. The van der Waals surface area contributed by atoms with Crippen LogP contribution in [0.3, 0.4) is 0 Å². The average Bonchev–Trinajstić information content (AvgIpc) is 2.82. The topological polar surface area (TPSA) is 121 Å². The molecule has 0 fully saturated rings. The monoisotopic (exact) mass is 519 g/mol. The highest BCUT2D eigenvalue weighted by molar-refractivity contribution is 6.31. The number of pyridine rings is 1. The number of benzene rings is 2. The predicted molar refractivity (Wildman–Crippen MR) is 124 cm³/mol. The first-order valence-electron chi connectivity index (χ1n) is 10.2. The molecule has 1 heterocycles. The van der Waals surface area contributed by atoms with Crippen molar-refractivity contribution in [2.45, 2.75) is 19.1 Å². The van der Waals surface area contributed by atoms with E-state index in [1.165, 1.54) is 49.4 Å². The Labute approximate surface area is 207 Å². The second kappa shape index (κ2) is 10.5. The van der Waals surface area contributed by atoms with Crippen LogP contribution in [0.5, 0.6) is 5.75 Å². The van der Waals surface area contributed by atoms with Crippen molar-refractivity contribution in [3.63, 3.8) is 0 Å². The molecule has 8 nitrogen and oxygen atoms in total. The number of alkyl halides is 3. The van der Waals surface area contributed by atoms with Gasteiger partial charge in [0.1, 0.15) is 11.8 Å². The Bertz CT molecular complexity index is 1410. The Morgan fingerprint density at radius 3 is 2.42 bits per heavy atom. The Hall–Kier alpha value is -4.30. The second-order valence-corrected chi connectivity index (χ2v) is 7.99. The van der Waals surface area contributed by atoms with Crippen molar-refractivity contribution >= 4 is 29.2 Å². The molecule has 3 aromatic rings. The molecule has 2 aromatic carbocycles. The Kier molecular flexibility index (Phi) is 7.70. The van der Waals surface area contributed by atoms with Crippen molar-refractivity contribution in [2.75, 3.05) is 11.9 Å². The van der Waals surface area contributed by atoms with E-state index in [0.29, 0.717) is 0 Å². The van der Waals surface area contributed by atoms with E-state index in [1.807, 2.05) is 6.07 Å². The van der Waals surface area contributed by atoms with E-state index in [4.69, 9.17) is 21.4 Å². The van der Waals surface area contributed by atoms with Gasteiger partial charge in [0.25, 0.3) is 5.56 Å². The molecule has 0 bridgehead atoms. The summed E-state index contributed by atoms with van der Waals surface area (Å²) in [5, 5.41) is 21.1. The van der Waals surface area contributed by atoms with Gasteiger partial charge in [0.2, 0.25) is 5.91 Å². The van der Waals surface area contributed by atoms with Gasteiger partial charge in [-0.3, -0.25) is 14.2 Å². The molecule has 0 aliphatic heterocycles. The number of hydrogen-bond acceptors (Lipinski definition) is 5. The van der Waals surface area contributed by atoms with Crippen molar-refractivity contribution in [3.8, 4) is 22.9 Å². The Morgan fingerprint density at radius 1 is 1.17 bits per heavy atom. The third kappa shape index (κ3) is 6.22. The number of nitrogens with one attached hydrogen (secondary N) is 1. The van der Waals surface area contributed by atoms with Gasteiger partial charge in [-0.15, -0.1) is 0 Å². The number of carbonyl (C=O) groups excluding carboxylic acids is 1. The summed E-state index contributed by atoms with van der Waals surface area (Å²) in [5.74, 6) is -2.25. The van der Waals surface area contributed by atoms with Crippen molar-refractivity contribution in [2.24, 2.45) is 0 Å². The normalized spacial score (nSPS) is 11.9. The molecule has 1 amide bonds. The minimum atomic E-state index is -4.70. The average molecular weight is 520 g/mol. The lowest BCUT2D eigenvalue weighted by atomic mass is 10.0. The first-order valence-corrected chi connectivity index (χ1v) is 10.6. The van der Waals surface area contributed by atoms with Gasteiger partial charge >= 0.3 is 12.1 Å². The third-order valence-corrected chi connectivity index (χ3v) is 5.26. The van der Waals surface area contributed by atoms with Crippen LogP contribution in [-0.4, -0.2) is 34.3 Å². The second-order valence-electron chi connectivity index (χ2n) is 7.55. The lowest BCUT2D eigenvalue weighted by molar-refractivity contribution is -0.153. The number of ether oxygens (including phenoxy) is 1. The number of halogens is 4. The maximum absolute atomic E-state index is 12.9. The lowest BCUT2D eigenvalue weighted by Gasteiger charge is -2.19.